The maximum absolute atomic E-state index is 2.58. The largest absolute Gasteiger partial charge is 0.309 e. The van der Waals surface area contributed by atoms with Crippen molar-refractivity contribution in [3.05, 3.63) is 209 Å². The Morgan fingerprint density at radius 3 is 1.19 bits per heavy atom. The van der Waals surface area contributed by atoms with Gasteiger partial charge >= 0.3 is 0 Å². The minimum Gasteiger partial charge on any atom is -0.309 e. The Balaban J connectivity index is 1.20. The molecular formula is C65H61BN2. The van der Waals surface area contributed by atoms with Gasteiger partial charge in [0.25, 0.3) is 0 Å². The van der Waals surface area contributed by atoms with Gasteiger partial charge in [0.2, 0.25) is 6.71 Å². The van der Waals surface area contributed by atoms with E-state index in [1.165, 1.54) is 122 Å². The maximum Gasteiger partial charge on any atom is 0.245 e. The van der Waals surface area contributed by atoms with E-state index in [-0.39, 0.29) is 17.5 Å². The van der Waals surface area contributed by atoms with Crippen LogP contribution in [0, 0.1) is 0 Å². The summed E-state index contributed by atoms with van der Waals surface area (Å²) in [6.45, 7) is 23.9. The van der Waals surface area contributed by atoms with Crippen LogP contribution in [0.2, 0.25) is 0 Å². The molecule has 0 unspecified atom stereocenters. The Morgan fingerprint density at radius 2 is 0.721 bits per heavy atom. The van der Waals surface area contributed by atoms with Gasteiger partial charge in [-0.25, -0.2) is 0 Å². The number of nitrogens with zero attached hydrogens (tertiary/aromatic N) is 2. The summed E-state index contributed by atoms with van der Waals surface area (Å²) in [6, 6.07) is 65.4. The first-order chi connectivity index (χ1) is 32.8. The Morgan fingerprint density at radius 1 is 0.338 bits per heavy atom. The first-order valence-electron chi connectivity index (χ1n) is 25.1. The molecule has 3 aliphatic rings. The van der Waals surface area contributed by atoms with Crippen LogP contribution >= 0.6 is 0 Å². The maximum atomic E-state index is 2.58. The van der Waals surface area contributed by atoms with Crippen LogP contribution in [0.1, 0.15) is 126 Å². The number of hydrogen-bond acceptors (Lipinski definition) is 2. The molecule has 68 heavy (non-hydrogen) atoms. The number of anilines is 6. The lowest BCUT2D eigenvalue weighted by atomic mass is 9.35. The van der Waals surface area contributed by atoms with Crippen molar-refractivity contribution in [2.45, 2.75) is 97.8 Å². The lowest BCUT2D eigenvalue weighted by molar-refractivity contribution is 0.632. The zero-order chi connectivity index (χ0) is 47.0. The van der Waals surface area contributed by atoms with Crippen LogP contribution in [-0.2, 0) is 10.8 Å². The van der Waals surface area contributed by atoms with E-state index in [0.717, 1.165) is 0 Å². The third kappa shape index (κ3) is 5.97. The molecule has 3 heteroatoms. The fourth-order valence-corrected chi connectivity index (χ4v) is 12.8. The summed E-state index contributed by atoms with van der Waals surface area (Å²) in [5, 5.41) is 5.19. The van der Waals surface area contributed by atoms with Crippen molar-refractivity contribution >= 4 is 78.8 Å². The summed E-state index contributed by atoms with van der Waals surface area (Å²) < 4.78 is 0. The molecule has 9 aromatic carbocycles. The summed E-state index contributed by atoms with van der Waals surface area (Å²) in [5.74, 6) is 1.09. The summed E-state index contributed by atoms with van der Waals surface area (Å²) in [5.41, 5.74) is 23.9. The van der Waals surface area contributed by atoms with Gasteiger partial charge < -0.3 is 9.80 Å². The van der Waals surface area contributed by atoms with E-state index in [1.54, 1.807) is 0 Å². The van der Waals surface area contributed by atoms with Crippen LogP contribution in [0.4, 0.5) is 34.1 Å². The monoisotopic (exact) mass is 880 g/mol. The molecule has 0 saturated heterocycles. The fourth-order valence-electron chi connectivity index (χ4n) is 12.8. The van der Waals surface area contributed by atoms with E-state index in [9.17, 15) is 0 Å². The number of rotatable bonds is 6. The molecule has 2 nitrogen and oxygen atoms in total. The molecule has 0 amide bonds. The highest BCUT2D eigenvalue weighted by Crippen LogP contribution is 2.55. The lowest BCUT2D eigenvalue weighted by Crippen LogP contribution is -2.53. The summed E-state index contributed by atoms with van der Waals surface area (Å²) in [7, 11) is 0. The number of benzene rings is 9. The Hall–Kier alpha value is -6.84. The highest BCUT2D eigenvalue weighted by Gasteiger charge is 2.43. The summed E-state index contributed by atoms with van der Waals surface area (Å²) in [4.78, 5) is 5.13. The molecule has 0 atom stereocenters. The van der Waals surface area contributed by atoms with Crippen molar-refractivity contribution in [2.24, 2.45) is 0 Å². The molecule has 0 aromatic heterocycles. The first kappa shape index (κ1) is 42.5. The smallest absolute Gasteiger partial charge is 0.245 e. The van der Waals surface area contributed by atoms with Gasteiger partial charge in [-0.15, -0.1) is 0 Å². The van der Waals surface area contributed by atoms with Gasteiger partial charge in [0, 0.05) is 21.6 Å². The molecule has 0 radical (unpaired) electrons. The van der Waals surface area contributed by atoms with Crippen molar-refractivity contribution in [1.29, 1.82) is 0 Å². The molecule has 0 fully saturated rings. The lowest BCUT2D eigenvalue weighted by Gasteiger charge is -2.42. The quantitative estimate of drug-likeness (QED) is 0.154. The Kier molecular flexibility index (Phi) is 9.59. The van der Waals surface area contributed by atoms with Crippen LogP contribution < -0.4 is 26.2 Å². The third-order valence-corrected chi connectivity index (χ3v) is 16.2. The zero-order valence-corrected chi connectivity index (χ0v) is 41.4. The molecule has 0 spiro atoms. The highest BCUT2D eigenvalue weighted by molar-refractivity contribution is 7.02. The first-order valence-corrected chi connectivity index (χ1v) is 25.1. The normalized spacial score (nSPS) is 15.2. The summed E-state index contributed by atoms with van der Waals surface area (Å²) in [6.07, 6.45) is 0. The molecular weight excluding hydrogens is 820 g/mol. The average Bonchev–Trinajstić information content (AvgIpc) is 3.68. The van der Waals surface area contributed by atoms with Crippen LogP contribution in [0.25, 0.3) is 32.7 Å². The van der Waals surface area contributed by atoms with Gasteiger partial charge in [0.15, 0.2) is 0 Å². The second-order valence-corrected chi connectivity index (χ2v) is 21.8. The fraction of sp³-hybridized carbons (Fsp3) is 0.231. The second-order valence-electron chi connectivity index (χ2n) is 21.8. The van der Waals surface area contributed by atoms with Crippen molar-refractivity contribution in [1.82, 2.24) is 0 Å². The highest BCUT2D eigenvalue weighted by atomic mass is 15.2. The standard InChI is InChI=1S/C65H61BN2/c1-39(2)42-36-48(40(3)4)63(49(37-42)41(5)6)66-61-46-24-21-33-55(67-56-29-17-13-25-51(56)64(7,8)52-26-14-18-30-57(52)67)44(46)34-35-47(61)50-38-60(43-22-11-12-23-45(43)62(50)66)68-58-31-19-15-27-53(58)65(9,10)54-28-16-20-32-59(54)68/h11-41H,1-10H3. The van der Waals surface area contributed by atoms with Crippen molar-refractivity contribution < 1.29 is 0 Å². The molecule has 3 aliphatic heterocycles. The van der Waals surface area contributed by atoms with Crippen molar-refractivity contribution in [3.63, 3.8) is 0 Å². The molecule has 3 heterocycles. The van der Waals surface area contributed by atoms with Gasteiger partial charge in [0.05, 0.1) is 34.1 Å². The van der Waals surface area contributed by atoms with Gasteiger partial charge in [-0.2, -0.15) is 0 Å². The zero-order valence-electron chi connectivity index (χ0n) is 41.4. The average molecular weight is 881 g/mol. The molecule has 0 saturated carbocycles. The van der Waals surface area contributed by atoms with Crippen molar-refractivity contribution in [3.8, 4) is 11.1 Å². The van der Waals surface area contributed by atoms with Gasteiger partial charge in [-0.1, -0.05) is 219 Å². The Labute approximate surface area is 404 Å². The SMILES string of the molecule is CC(C)c1cc(C(C)C)c(B2c3c(ccc4c(N5c6ccccc6C(C)(C)c6ccccc65)cccc34)-c3cc(N4c5ccccc5C(C)(C)c5ccccc54)c4ccccc4c32)c(C(C)C)c1. The number of hydrogen-bond donors (Lipinski definition) is 0. The van der Waals surface area contributed by atoms with E-state index in [4.69, 9.17) is 0 Å². The third-order valence-electron chi connectivity index (χ3n) is 16.2. The van der Waals surface area contributed by atoms with E-state index >= 15 is 0 Å². The van der Waals surface area contributed by atoms with E-state index in [1.807, 2.05) is 0 Å². The number of fused-ring (bicyclic) bond motifs is 11. The van der Waals surface area contributed by atoms with Crippen LogP contribution in [0.5, 0.6) is 0 Å². The predicted molar refractivity (Wildman–Crippen MR) is 294 cm³/mol. The summed E-state index contributed by atoms with van der Waals surface area (Å²) >= 11 is 0. The topological polar surface area (TPSA) is 6.48 Å². The van der Waals surface area contributed by atoms with Crippen LogP contribution in [0.3, 0.4) is 0 Å². The Bertz CT molecular complexity index is 3400. The van der Waals surface area contributed by atoms with E-state index in [2.05, 4.69) is 249 Å². The molecule has 9 aromatic rings. The number of para-hydroxylation sites is 4. The molecule has 0 N–H and O–H groups in total. The van der Waals surface area contributed by atoms with Gasteiger partial charge in [-0.05, 0) is 115 Å². The van der Waals surface area contributed by atoms with Gasteiger partial charge in [-0.3, -0.25) is 0 Å². The van der Waals surface area contributed by atoms with E-state index < -0.39 is 0 Å². The van der Waals surface area contributed by atoms with Gasteiger partial charge in [0.1, 0.15) is 0 Å². The second kappa shape index (κ2) is 15.3. The molecule has 12 rings (SSSR count). The minimum absolute atomic E-state index is 0.00800. The molecule has 0 aliphatic carbocycles. The molecule has 0 bridgehead atoms. The predicted octanol–water partition coefficient (Wildman–Crippen LogP) is 16.1. The van der Waals surface area contributed by atoms with E-state index in [0.29, 0.717) is 17.8 Å². The van der Waals surface area contributed by atoms with Crippen LogP contribution in [-0.4, -0.2) is 6.71 Å². The minimum atomic E-state index is -0.154. The van der Waals surface area contributed by atoms with Crippen LogP contribution in [0.15, 0.2) is 170 Å². The molecule has 334 valence electrons. The van der Waals surface area contributed by atoms with Crippen molar-refractivity contribution in [2.75, 3.05) is 9.80 Å².